The smallest absolute Gasteiger partial charge is 1.00 e. The summed E-state index contributed by atoms with van der Waals surface area (Å²) >= 11 is 2.89. The van der Waals surface area contributed by atoms with Crippen LogP contribution in [0.4, 0.5) is 0 Å². The summed E-state index contributed by atoms with van der Waals surface area (Å²) in [5.74, 6) is 2.60. The normalized spacial score (nSPS) is 2.80. The number of halogens is 1. The van der Waals surface area contributed by atoms with Crippen LogP contribution in [0.5, 0.6) is 0 Å². The molecule has 0 saturated heterocycles. The summed E-state index contributed by atoms with van der Waals surface area (Å²) in [6, 6.07) is 0. The fraction of sp³-hybridized carbons (Fsp3) is 0.333. The van der Waals surface area contributed by atoms with E-state index in [4.69, 9.17) is 0 Å². The summed E-state index contributed by atoms with van der Waals surface area (Å²) in [5.41, 5.74) is 0. The van der Waals surface area contributed by atoms with Crippen molar-refractivity contribution in [3.63, 3.8) is 0 Å². The van der Waals surface area contributed by atoms with Gasteiger partial charge in [-0.2, -0.15) is 0 Å². The Bertz CT molecular complexity index is 47.5. The van der Waals surface area contributed by atoms with Crippen LogP contribution < -0.4 is 51.4 Å². The van der Waals surface area contributed by atoms with E-state index in [1.807, 2.05) is 0 Å². The van der Waals surface area contributed by atoms with Crippen LogP contribution in [0.1, 0.15) is 8.35 Å². The minimum Gasteiger partial charge on any atom is -1.00 e. The molecule has 0 saturated carbocycles. The molecule has 0 amide bonds. The van der Waals surface area contributed by atoms with Crippen LogP contribution in [-0.4, -0.2) is 0 Å². The van der Waals surface area contributed by atoms with Gasteiger partial charge in [-0.3, -0.25) is 0 Å². The Kier molecular flexibility index (Phi) is 18.1. The van der Waals surface area contributed by atoms with E-state index in [1.165, 1.54) is 0 Å². The first kappa shape index (κ1) is 9.84. The van der Waals surface area contributed by atoms with Gasteiger partial charge >= 0.3 is 51.4 Å². The zero-order chi connectivity index (χ0) is 3.41. The fourth-order valence-corrected chi connectivity index (χ4v) is 0. The van der Waals surface area contributed by atoms with Crippen molar-refractivity contribution >= 4 is 15.9 Å². The van der Waals surface area contributed by atoms with Crippen molar-refractivity contribution in [2.75, 3.05) is 0 Å². The molecular formula is C3H4BrK. The van der Waals surface area contributed by atoms with Crippen molar-refractivity contribution in [1.82, 2.24) is 0 Å². The Labute approximate surface area is 84.7 Å². The van der Waals surface area contributed by atoms with Gasteiger partial charge in [0.1, 0.15) is 0 Å². The van der Waals surface area contributed by atoms with Gasteiger partial charge in [-0.1, -0.05) is 5.92 Å². The van der Waals surface area contributed by atoms with E-state index in [2.05, 4.69) is 26.7 Å². The predicted molar refractivity (Wildman–Crippen MR) is 23.5 cm³/mol. The van der Waals surface area contributed by atoms with Gasteiger partial charge in [0.25, 0.3) is 0 Å². The molecule has 0 aliphatic carbocycles. The SMILES string of the molecule is CC#CBr.[H-].[K+]. The molecule has 24 valence electrons. The number of hydrogen-bond donors (Lipinski definition) is 0. The van der Waals surface area contributed by atoms with Crippen molar-refractivity contribution in [3.05, 3.63) is 0 Å². The first-order valence-electron chi connectivity index (χ1n) is 0.939. The molecule has 5 heavy (non-hydrogen) atoms. The fourth-order valence-electron chi connectivity index (χ4n) is 0. The minimum atomic E-state index is 0. The van der Waals surface area contributed by atoms with Crippen LogP contribution in [0.15, 0.2) is 0 Å². The molecule has 0 aliphatic rings. The van der Waals surface area contributed by atoms with E-state index in [-0.39, 0.29) is 52.8 Å². The molecule has 0 spiro atoms. The van der Waals surface area contributed by atoms with Crippen LogP contribution in [0.3, 0.4) is 0 Å². The summed E-state index contributed by atoms with van der Waals surface area (Å²) in [4.78, 5) is 2.49. The molecule has 0 aromatic rings. The molecule has 0 aromatic heterocycles. The average molecular weight is 159 g/mol. The van der Waals surface area contributed by atoms with Crippen LogP contribution in [0.25, 0.3) is 0 Å². The second kappa shape index (κ2) is 9.18. The van der Waals surface area contributed by atoms with Gasteiger partial charge in [0.2, 0.25) is 0 Å². The maximum absolute atomic E-state index is 2.89. The van der Waals surface area contributed by atoms with E-state index in [9.17, 15) is 0 Å². The first-order valence-corrected chi connectivity index (χ1v) is 1.73. The standard InChI is InChI=1S/C3H3Br.K.H/c1-2-3-4;;/h1H3;;/q;+1;-1. The Morgan fingerprint density at radius 1 is 1.80 bits per heavy atom. The van der Waals surface area contributed by atoms with Crippen LogP contribution >= 0.6 is 15.9 Å². The zero-order valence-electron chi connectivity index (χ0n) is 4.38. The molecule has 2 heteroatoms. The third-order valence-electron chi connectivity index (χ3n) is 0.0945. The first-order chi connectivity index (χ1) is 1.91. The molecule has 0 fully saturated rings. The molecule has 0 N–H and O–H groups in total. The summed E-state index contributed by atoms with van der Waals surface area (Å²) in [7, 11) is 0. The van der Waals surface area contributed by atoms with Crippen LogP contribution in [-0.2, 0) is 0 Å². The van der Waals surface area contributed by atoms with Crippen molar-refractivity contribution < 1.29 is 52.8 Å². The van der Waals surface area contributed by atoms with Gasteiger partial charge in [0.15, 0.2) is 0 Å². The van der Waals surface area contributed by atoms with Gasteiger partial charge in [-0.25, -0.2) is 0 Å². The van der Waals surface area contributed by atoms with Crippen LogP contribution in [0, 0.1) is 10.8 Å². The molecule has 0 aliphatic heterocycles. The van der Waals surface area contributed by atoms with Gasteiger partial charge < -0.3 is 1.43 Å². The Morgan fingerprint density at radius 3 is 2.00 bits per heavy atom. The maximum atomic E-state index is 2.89. The van der Waals surface area contributed by atoms with E-state index < -0.39 is 0 Å². The molecule has 0 rings (SSSR count). The van der Waals surface area contributed by atoms with Crippen molar-refractivity contribution in [2.24, 2.45) is 0 Å². The quantitative estimate of drug-likeness (QED) is 0.297. The van der Waals surface area contributed by atoms with Gasteiger partial charge in [-0.05, 0) is 11.8 Å². The topological polar surface area (TPSA) is 0 Å². The predicted octanol–water partition coefficient (Wildman–Crippen LogP) is -1.52. The maximum Gasteiger partial charge on any atom is 1.00 e. The largest absolute Gasteiger partial charge is 1.00 e. The number of rotatable bonds is 0. The molecular weight excluding hydrogens is 155 g/mol. The van der Waals surface area contributed by atoms with Crippen molar-refractivity contribution in [2.45, 2.75) is 6.92 Å². The monoisotopic (exact) mass is 158 g/mol. The van der Waals surface area contributed by atoms with E-state index in [0.29, 0.717) is 0 Å². The van der Waals surface area contributed by atoms with Gasteiger partial charge in [0, 0.05) is 15.9 Å². The average Bonchev–Trinajstić information content (AvgIpc) is 1.37. The second-order valence-corrected chi connectivity index (χ2v) is 0.741. The van der Waals surface area contributed by atoms with Gasteiger partial charge in [-0.15, -0.1) is 0 Å². The number of hydrogen-bond acceptors (Lipinski definition) is 0. The van der Waals surface area contributed by atoms with Crippen molar-refractivity contribution in [1.29, 1.82) is 0 Å². The summed E-state index contributed by atoms with van der Waals surface area (Å²) < 4.78 is 0. The van der Waals surface area contributed by atoms with Crippen molar-refractivity contribution in [3.8, 4) is 10.8 Å². The Balaban J connectivity index is -0.0000000450. The molecule has 0 atom stereocenters. The van der Waals surface area contributed by atoms with E-state index >= 15 is 0 Å². The minimum absolute atomic E-state index is 0. The van der Waals surface area contributed by atoms with Gasteiger partial charge in [0.05, 0.1) is 0 Å². The molecule has 0 aromatic carbocycles. The molecule has 0 radical (unpaired) electrons. The second-order valence-electron chi connectivity index (χ2n) is 0.344. The summed E-state index contributed by atoms with van der Waals surface area (Å²) in [6.07, 6.45) is 0. The molecule has 0 nitrogen and oxygen atoms in total. The van der Waals surface area contributed by atoms with E-state index in [0.717, 1.165) is 0 Å². The summed E-state index contributed by atoms with van der Waals surface area (Å²) in [6.45, 7) is 1.77. The molecule has 0 bridgehead atoms. The molecule has 0 unspecified atom stereocenters. The summed E-state index contributed by atoms with van der Waals surface area (Å²) in [5, 5.41) is 0. The Morgan fingerprint density at radius 2 is 2.00 bits per heavy atom. The third-order valence-corrected chi connectivity index (χ3v) is 0.491. The third kappa shape index (κ3) is 10.7. The van der Waals surface area contributed by atoms with E-state index in [1.54, 1.807) is 6.92 Å². The molecule has 0 heterocycles. The Hall–Kier alpha value is 1.68. The zero-order valence-corrected chi connectivity index (χ0v) is 8.09. The van der Waals surface area contributed by atoms with Crippen LogP contribution in [0.2, 0.25) is 0 Å².